The van der Waals surface area contributed by atoms with Gasteiger partial charge < -0.3 is 5.32 Å². The maximum Gasteiger partial charge on any atom is 0.126 e. The van der Waals surface area contributed by atoms with Gasteiger partial charge in [-0.2, -0.15) is 0 Å². The van der Waals surface area contributed by atoms with E-state index in [9.17, 15) is 0 Å². The molecule has 1 N–H and O–H groups in total. The molecule has 2 aromatic rings. The summed E-state index contributed by atoms with van der Waals surface area (Å²) in [5.74, 6) is 0.917. The van der Waals surface area contributed by atoms with E-state index in [2.05, 4.69) is 52.0 Å². The average molecular weight is 326 g/mol. The third kappa shape index (κ3) is 3.29. The number of nitrogens with zero attached hydrogens (tertiary/aromatic N) is 2. The molecule has 0 aliphatic carbocycles. The molecule has 0 fully saturated rings. The van der Waals surface area contributed by atoms with Crippen molar-refractivity contribution in [1.82, 2.24) is 9.97 Å². The maximum absolute atomic E-state index is 4.52. The highest BCUT2D eigenvalue weighted by atomic mass is 79.9. The van der Waals surface area contributed by atoms with Gasteiger partial charge in [0.1, 0.15) is 5.82 Å². The first-order chi connectivity index (χ1) is 8.56. The van der Waals surface area contributed by atoms with Crippen LogP contribution in [0.1, 0.15) is 21.1 Å². The van der Waals surface area contributed by atoms with Crippen LogP contribution >= 0.6 is 27.3 Å². The molecule has 0 saturated carbocycles. The van der Waals surface area contributed by atoms with Crippen LogP contribution in [-0.4, -0.2) is 16.5 Å². The van der Waals surface area contributed by atoms with Gasteiger partial charge in [0.15, 0.2) is 0 Å². The summed E-state index contributed by atoms with van der Waals surface area (Å²) in [7, 11) is 0. The Labute approximate surface area is 120 Å². The molecule has 0 spiro atoms. The summed E-state index contributed by atoms with van der Waals surface area (Å²) in [4.78, 5) is 10.1. The Bertz CT molecular complexity index is 532. The smallest absolute Gasteiger partial charge is 0.126 e. The number of aromatic nitrogens is 2. The van der Waals surface area contributed by atoms with Gasteiger partial charge in [-0.15, -0.1) is 11.3 Å². The number of aryl methyl sites for hydroxylation is 3. The number of hydrogen-bond donors (Lipinski definition) is 1. The van der Waals surface area contributed by atoms with Crippen LogP contribution in [0.5, 0.6) is 0 Å². The molecule has 2 rings (SSSR count). The number of thiazole rings is 1. The van der Waals surface area contributed by atoms with Crippen molar-refractivity contribution < 1.29 is 0 Å². The van der Waals surface area contributed by atoms with Gasteiger partial charge in [0.05, 0.1) is 10.7 Å². The van der Waals surface area contributed by atoms with Crippen molar-refractivity contribution in [2.75, 3.05) is 11.9 Å². The molecule has 0 radical (unpaired) electrons. The lowest BCUT2D eigenvalue weighted by Crippen LogP contribution is -2.06. The quantitative estimate of drug-likeness (QED) is 0.926. The van der Waals surface area contributed by atoms with E-state index in [0.717, 1.165) is 29.0 Å². The SMILES string of the molecule is Cc1cc(NCCc2nc(C)c(C)s2)ncc1Br. The lowest BCUT2D eigenvalue weighted by atomic mass is 10.3. The van der Waals surface area contributed by atoms with Gasteiger partial charge >= 0.3 is 0 Å². The van der Waals surface area contributed by atoms with Crippen molar-refractivity contribution in [3.63, 3.8) is 0 Å². The third-order valence-electron chi connectivity index (χ3n) is 2.76. The summed E-state index contributed by atoms with van der Waals surface area (Å²) in [5, 5.41) is 4.51. The van der Waals surface area contributed by atoms with Crippen LogP contribution in [0.25, 0.3) is 0 Å². The molecule has 0 aliphatic rings. The number of halogens is 1. The molecule has 0 aromatic carbocycles. The fourth-order valence-electron chi connectivity index (χ4n) is 1.58. The number of nitrogens with one attached hydrogen (secondary N) is 1. The normalized spacial score (nSPS) is 10.7. The van der Waals surface area contributed by atoms with E-state index in [0.29, 0.717) is 0 Å². The van der Waals surface area contributed by atoms with Crippen LogP contribution in [0.3, 0.4) is 0 Å². The fraction of sp³-hybridized carbons (Fsp3) is 0.385. The Kier molecular flexibility index (Phi) is 4.35. The minimum absolute atomic E-state index is 0.862. The molecule has 0 saturated heterocycles. The third-order valence-corrected chi connectivity index (χ3v) is 4.73. The van der Waals surface area contributed by atoms with E-state index in [1.807, 2.05) is 12.3 Å². The predicted octanol–water partition coefficient (Wildman–Crippen LogP) is 3.88. The highest BCUT2D eigenvalue weighted by molar-refractivity contribution is 9.10. The predicted molar refractivity (Wildman–Crippen MR) is 80.5 cm³/mol. The lowest BCUT2D eigenvalue weighted by molar-refractivity contribution is 0.975. The Hall–Kier alpha value is -0.940. The van der Waals surface area contributed by atoms with E-state index in [4.69, 9.17) is 0 Å². The Morgan fingerprint density at radius 3 is 2.72 bits per heavy atom. The van der Waals surface area contributed by atoms with Crippen LogP contribution in [0.4, 0.5) is 5.82 Å². The first-order valence-corrected chi connectivity index (χ1v) is 7.46. The molecule has 0 aliphatic heterocycles. The van der Waals surface area contributed by atoms with Gasteiger partial charge in [-0.3, -0.25) is 0 Å². The maximum atomic E-state index is 4.52. The first-order valence-electron chi connectivity index (χ1n) is 5.85. The van der Waals surface area contributed by atoms with Crippen LogP contribution in [0.2, 0.25) is 0 Å². The van der Waals surface area contributed by atoms with E-state index in [-0.39, 0.29) is 0 Å². The number of anilines is 1. The molecule has 0 amide bonds. The van der Waals surface area contributed by atoms with Gasteiger partial charge in [0.25, 0.3) is 0 Å². The second-order valence-electron chi connectivity index (χ2n) is 4.24. The molecule has 0 atom stereocenters. The monoisotopic (exact) mass is 325 g/mol. The summed E-state index contributed by atoms with van der Waals surface area (Å²) in [6, 6.07) is 2.04. The van der Waals surface area contributed by atoms with E-state index in [1.165, 1.54) is 15.4 Å². The molecule has 5 heteroatoms. The molecule has 0 unspecified atom stereocenters. The average Bonchev–Trinajstić information content (AvgIpc) is 2.63. The summed E-state index contributed by atoms with van der Waals surface area (Å²) in [6.07, 6.45) is 2.77. The van der Waals surface area contributed by atoms with E-state index >= 15 is 0 Å². The van der Waals surface area contributed by atoms with Gasteiger partial charge in [-0.25, -0.2) is 9.97 Å². The first kappa shape index (κ1) is 13.5. The molecular weight excluding hydrogens is 310 g/mol. The summed E-state index contributed by atoms with van der Waals surface area (Å²) in [6.45, 7) is 7.09. The fourth-order valence-corrected chi connectivity index (χ4v) is 2.73. The Morgan fingerprint density at radius 2 is 2.11 bits per heavy atom. The van der Waals surface area contributed by atoms with Gasteiger partial charge in [-0.1, -0.05) is 0 Å². The van der Waals surface area contributed by atoms with Gasteiger partial charge in [0.2, 0.25) is 0 Å². The van der Waals surface area contributed by atoms with Crippen molar-refractivity contribution >= 4 is 33.1 Å². The minimum atomic E-state index is 0.862. The van der Waals surface area contributed by atoms with Gasteiger partial charge in [-0.05, 0) is 48.3 Å². The Balaban J connectivity index is 1.90. The van der Waals surface area contributed by atoms with E-state index < -0.39 is 0 Å². The van der Waals surface area contributed by atoms with Crippen molar-refractivity contribution in [2.45, 2.75) is 27.2 Å². The highest BCUT2D eigenvalue weighted by Crippen LogP contribution is 2.18. The molecule has 0 bridgehead atoms. The second-order valence-corrected chi connectivity index (χ2v) is 6.39. The molecule has 3 nitrogen and oxygen atoms in total. The zero-order chi connectivity index (χ0) is 13.1. The van der Waals surface area contributed by atoms with E-state index in [1.54, 1.807) is 11.3 Å². The van der Waals surface area contributed by atoms with Crippen molar-refractivity contribution in [2.24, 2.45) is 0 Å². The van der Waals surface area contributed by atoms with Crippen molar-refractivity contribution in [3.8, 4) is 0 Å². The summed E-state index contributed by atoms with van der Waals surface area (Å²) < 4.78 is 1.04. The Morgan fingerprint density at radius 1 is 1.33 bits per heavy atom. The highest BCUT2D eigenvalue weighted by Gasteiger charge is 2.03. The molecule has 96 valence electrons. The minimum Gasteiger partial charge on any atom is -0.370 e. The van der Waals surface area contributed by atoms with Crippen molar-refractivity contribution in [1.29, 1.82) is 0 Å². The number of rotatable bonds is 4. The lowest BCUT2D eigenvalue weighted by Gasteiger charge is -2.05. The van der Waals surface area contributed by atoms with Crippen LogP contribution in [0.15, 0.2) is 16.7 Å². The standard InChI is InChI=1S/C13H16BrN3S/c1-8-6-12(16-7-11(8)14)15-5-4-13-17-9(2)10(3)18-13/h6-7H,4-5H2,1-3H3,(H,15,16). The molecule has 18 heavy (non-hydrogen) atoms. The largest absolute Gasteiger partial charge is 0.370 e. The van der Waals surface area contributed by atoms with Gasteiger partial charge in [0, 0.05) is 28.5 Å². The van der Waals surface area contributed by atoms with Crippen LogP contribution < -0.4 is 5.32 Å². The van der Waals surface area contributed by atoms with Crippen LogP contribution in [0, 0.1) is 20.8 Å². The summed E-state index contributed by atoms with van der Waals surface area (Å²) in [5.41, 5.74) is 2.33. The molecule has 2 heterocycles. The molecular formula is C13H16BrN3S. The van der Waals surface area contributed by atoms with Crippen LogP contribution in [-0.2, 0) is 6.42 Å². The topological polar surface area (TPSA) is 37.8 Å². The van der Waals surface area contributed by atoms with Crippen molar-refractivity contribution in [3.05, 3.63) is 37.9 Å². The number of hydrogen-bond acceptors (Lipinski definition) is 4. The second kappa shape index (κ2) is 5.80. The molecule has 2 aromatic heterocycles. The summed E-state index contributed by atoms with van der Waals surface area (Å²) >= 11 is 5.22. The zero-order valence-corrected chi connectivity index (χ0v) is 13.2. The zero-order valence-electron chi connectivity index (χ0n) is 10.7. The number of pyridine rings is 1.